The van der Waals surface area contributed by atoms with Gasteiger partial charge in [0.05, 0.1) is 5.69 Å². The standard InChI is InChI=1S/C21H20FN3OS/c1-27-18-8-6-16(7-9-18)14-17(15-23)21(26)25-12-10-24(11-13-25)20-5-3-2-4-19(20)22/h2-9,14H,10-13H2,1H3/b17-14+. The molecule has 1 heterocycles. The number of benzene rings is 2. The molecule has 0 radical (unpaired) electrons. The topological polar surface area (TPSA) is 47.3 Å². The molecule has 0 unspecified atom stereocenters. The molecule has 27 heavy (non-hydrogen) atoms. The van der Waals surface area contributed by atoms with Crippen molar-refractivity contribution >= 4 is 29.4 Å². The van der Waals surface area contributed by atoms with Crippen molar-refractivity contribution in [2.45, 2.75) is 4.90 Å². The van der Waals surface area contributed by atoms with Gasteiger partial charge in [-0.05, 0) is 42.2 Å². The van der Waals surface area contributed by atoms with Gasteiger partial charge in [0, 0.05) is 31.1 Å². The fraction of sp³-hybridized carbons (Fsp3) is 0.238. The molecule has 0 atom stereocenters. The van der Waals surface area contributed by atoms with Gasteiger partial charge in [0.2, 0.25) is 0 Å². The van der Waals surface area contributed by atoms with Gasteiger partial charge >= 0.3 is 0 Å². The molecular formula is C21H20FN3OS. The van der Waals surface area contributed by atoms with Gasteiger partial charge in [-0.1, -0.05) is 24.3 Å². The van der Waals surface area contributed by atoms with E-state index in [4.69, 9.17) is 0 Å². The number of nitrogens with zero attached hydrogens (tertiary/aromatic N) is 3. The van der Waals surface area contributed by atoms with Crippen LogP contribution in [0, 0.1) is 17.1 Å². The van der Waals surface area contributed by atoms with E-state index in [2.05, 4.69) is 0 Å². The van der Waals surface area contributed by atoms with Crippen molar-refractivity contribution in [3.05, 3.63) is 65.5 Å². The first-order chi connectivity index (χ1) is 13.1. The summed E-state index contributed by atoms with van der Waals surface area (Å²) in [6.45, 7) is 1.98. The number of para-hydroxylation sites is 1. The van der Waals surface area contributed by atoms with E-state index in [9.17, 15) is 14.4 Å². The van der Waals surface area contributed by atoms with Gasteiger partial charge in [0.15, 0.2) is 0 Å². The van der Waals surface area contributed by atoms with Crippen LogP contribution in [0.3, 0.4) is 0 Å². The van der Waals surface area contributed by atoms with E-state index in [-0.39, 0.29) is 17.3 Å². The van der Waals surface area contributed by atoms with Gasteiger partial charge in [-0.25, -0.2) is 4.39 Å². The number of halogens is 1. The first-order valence-corrected chi connectivity index (χ1v) is 9.89. The van der Waals surface area contributed by atoms with Gasteiger partial charge in [0.1, 0.15) is 17.5 Å². The van der Waals surface area contributed by atoms with Gasteiger partial charge in [-0.3, -0.25) is 4.79 Å². The van der Waals surface area contributed by atoms with E-state index >= 15 is 0 Å². The maximum atomic E-state index is 13.9. The highest BCUT2D eigenvalue weighted by atomic mass is 32.2. The summed E-state index contributed by atoms with van der Waals surface area (Å²) in [4.78, 5) is 17.4. The van der Waals surface area contributed by atoms with Crippen LogP contribution in [0.15, 0.2) is 59.0 Å². The molecule has 0 spiro atoms. The molecule has 3 rings (SSSR count). The summed E-state index contributed by atoms with van der Waals surface area (Å²) in [5, 5.41) is 9.43. The van der Waals surface area contributed by atoms with E-state index in [1.807, 2.05) is 41.5 Å². The van der Waals surface area contributed by atoms with Crippen molar-refractivity contribution in [3.8, 4) is 6.07 Å². The third-order valence-corrected chi connectivity index (χ3v) is 5.28. The quantitative estimate of drug-likeness (QED) is 0.459. The van der Waals surface area contributed by atoms with Crippen LogP contribution >= 0.6 is 11.8 Å². The average Bonchev–Trinajstić information content (AvgIpc) is 2.72. The highest BCUT2D eigenvalue weighted by Gasteiger charge is 2.24. The Balaban J connectivity index is 1.67. The molecule has 0 aliphatic carbocycles. The molecule has 0 N–H and O–H groups in total. The smallest absolute Gasteiger partial charge is 0.264 e. The number of amides is 1. The lowest BCUT2D eigenvalue weighted by Gasteiger charge is -2.36. The summed E-state index contributed by atoms with van der Waals surface area (Å²) in [5.41, 5.74) is 1.49. The second kappa shape index (κ2) is 8.74. The molecule has 1 aliphatic rings. The highest BCUT2D eigenvalue weighted by molar-refractivity contribution is 7.98. The third-order valence-electron chi connectivity index (χ3n) is 4.54. The molecule has 0 bridgehead atoms. The number of anilines is 1. The Morgan fingerprint density at radius 2 is 1.78 bits per heavy atom. The Hall–Kier alpha value is -2.78. The molecule has 138 valence electrons. The molecule has 1 saturated heterocycles. The highest BCUT2D eigenvalue weighted by Crippen LogP contribution is 2.21. The SMILES string of the molecule is CSc1ccc(/C=C(\C#N)C(=O)N2CCN(c3ccccc3F)CC2)cc1. The van der Waals surface area contributed by atoms with Crippen LogP contribution in [0.1, 0.15) is 5.56 Å². The predicted molar refractivity (Wildman–Crippen MR) is 107 cm³/mol. The second-order valence-electron chi connectivity index (χ2n) is 6.17. The number of hydrogen-bond donors (Lipinski definition) is 0. The van der Waals surface area contributed by atoms with E-state index in [0.29, 0.717) is 31.9 Å². The molecule has 2 aromatic carbocycles. The molecule has 1 aliphatic heterocycles. The van der Waals surface area contributed by atoms with Crippen LogP contribution in [-0.4, -0.2) is 43.2 Å². The average molecular weight is 381 g/mol. The summed E-state index contributed by atoms with van der Waals surface area (Å²) in [7, 11) is 0. The zero-order chi connectivity index (χ0) is 19.2. The summed E-state index contributed by atoms with van der Waals surface area (Å²) < 4.78 is 13.9. The normalized spacial score (nSPS) is 14.8. The van der Waals surface area contributed by atoms with Crippen molar-refractivity contribution in [1.82, 2.24) is 4.90 Å². The first kappa shape index (κ1) is 19.0. The van der Waals surface area contributed by atoms with Crippen LogP contribution in [0.5, 0.6) is 0 Å². The maximum Gasteiger partial charge on any atom is 0.264 e. The third kappa shape index (κ3) is 4.50. The largest absolute Gasteiger partial charge is 0.366 e. The Kier molecular flexibility index (Phi) is 6.15. The van der Waals surface area contributed by atoms with Crippen LogP contribution in [0.2, 0.25) is 0 Å². The lowest BCUT2D eigenvalue weighted by atomic mass is 10.1. The van der Waals surface area contributed by atoms with Gasteiger partial charge in [-0.2, -0.15) is 5.26 Å². The zero-order valence-corrected chi connectivity index (χ0v) is 15.9. The van der Waals surface area contributed by atoms with Crippen molar-refractivity contribution in [2.24, 2.45) is 0 Å². The van der Waals surface area contributed by atoms with Crippen molar-refractivity contribution in [2.75, 3.05) is 37.3 Å². The molecule has 1 amide bonds. The van der Waals surface area contributed by atoms with E-state index in [1.165, 1.54) is 6.07 Å². The summed E-state index contributed by atoms with van der Waals surface area (Å²) in [5.74, 6) is -0.539. The molecule has 0 saturated carbocycles. The zero-order valence-electron chi connectivity index (χ0n) is 15.1. The van der Waals surface area contributed by atoms with Crippen molar-refractivity contribution < 1.29 is 9.18 Å². The number of nitriles is 1. The number of carbonyl (C=O) groups is 1. The number of piperazine rings is 1. The molecule has 1 fully saturated rings. The fourth-order valence-electron chi connectivity index (χ4n) is 3.04. The van der Waals surface area contributed by atoms with Gasteiger partial charge in [-0.15, -0.1) is 11.8 Å². The minimum atomic E-state index is -0.278. The Labute approximate surface area is 162 Å². The lowest BCUT2D eigenvalue weighted by Crippen LogP contribution is -2.49. The molecule has 0 aromatic heterocycles. The van der Waals surface area contributed by atoms with Crippen LogP contribution in [0.4, 0.5) is 10.1 Å². The first-order valence-electron chi connectivity index (χ1n) is 8.67. The number of hydrogen-bond acceptors (Lipinski definition) is 4. The Bertz CT molecular complexity index is 881. The van der Waals surface area contributed by atoms with E-state index < -0.39 is 0 Å². The Morgan fingerprint density at radius 1 is 1.11 bits per heavy atom. The van der Waals surface area contributed by atoms with E-state index in [1.54, 1.807) is 40.9 Å². The maximum absolute atomic E-state index is 13.9. The fourth-order valence-corrected chi connectivity index (χ4v) is 3.45. The predicted octanol–water partition coefficient (Wildman–Crippen LogP) is 3.80. The van der Waals surface area contributed by atoms with Crippen LogP contribution in [0.25, 0.3) is 6.08 Å². The summed E-state index contributed by atoms with van der Waals surface area (Å²) in [6, 6.07) is 16.4. The monoisotopic (exact) mass is 381 g/mol. The van der Waals surface area contributed by atoms with Gasteiger partial charge < -0.3 is 9.80 Å². The van der Waals surface area contributed by atoms with Crippen LogP contribution in [-0.2, 0) is 4.79 Å². The van der Waals surface area contributed by atoms with E-state index in [0.717, 1.165) is 10.5 Å². The minimum absolute atomic E-state index is 0.117. The van der Waals surface area contributed by atoms with Crippen LogP contribution < -0.4 is 4.90 Å². The molecular weight excluding hydrogens is 361 g/mol. The number of carbonyl (C=O) groups excluding carboxylic acids is 1. The van der Waals surface area contributed by atoms with Crippen molar-refractivity contribution in [1.29, 1.82) is 5.26 Å². The lowest BCUT2D eigenvalue weighted by molar-refractivity contribution is -0.126. The summed E-state index contributed by atoms with van der Waals surface area (Å²) >= 11 is 1.64. The number of rotatable bonds is 4. The Morgan fingerprint density at radius 3 is 2.37 bits per heavy atom. The summed E-state index contributed by atoms with van der Waals surface area (Å²) in [6.07, 6.45) is 3.62. The number of thioether (sulfide) groups is 1. The van der Waals surface area contributed by atoms with Crippen molar-refractivity contribution in [3.63, 3.8) is 0 Å². The van der Waals surface area contributed by atoms with Gasteiger partial charge in [0.25, 0.3) is 5.91 Å². The molecule has 4 nitrogen and oxygen atoms in total. The molecule has 2 aromatic rings. The molecule has 6 heteroatoms. The minimum Gasteiger partial charge on any atom is -0.366 e. The second-order valence-corrected chi connectivity index (χ2v) is 7.05.